The Morgan fingerprint density at radius 2 is 1.15 bits per heavy atom. The van der Waals surface area contributed by atoms with Gasteiger partial charge in [0.2, 0.25) is 0 Å². The summed E-state index contributed by atoms with van der Waals surface area (Å²) in [5.74, 6) is 0. The summed E-state index contributed by atoms with van der Waals surface area (Å²) in [6.07, 6.45) is 1.04. The SMILES string of the molecule is Cc1cc(-c2ccccc2)cc2c1Cc1ccc(-c3ccccc3)cc1-2. The molecule has 0 aliphatic heterocycles. The van der Waals surface area contributed by atoms with Crippen molar-refractivity contribution in [1.82, 2.24) is 0 Å². The van der Waals surface area contributed by atoms with E-state index in [1.54, 1.807) is 0 Å². The molecule has 0 fully saturated rings. The number of hydrogen-bond acceptors (Lipinski definition) is 0. The Kier molecular flexibility index (Phi) is 3.50. The number of fused-ring (bicyclic) bond motifs is 3. The molecular weight excluding hydrogens is 312 g/mol. The van der Waals surface area contributed by atoms with E-state index in [9.17, 15) is 0 Å². The van der Waals surface area contributed by atoms with Crippen molar-refractivity contribution in [3.05, 3.63) is 108 Å². The first kappa shape index (κ1) is 15.2. The van der Waals surface area contributed by atoms with E-state index in [1.165, 1.54) is 50.1 Å². The van der Waals surface area contributed by atoms with E-state index >= 15 is 0 Å². The lowest BCUT2D eigenvalue weighted by molar-refractivity contribution is 1.22. The summed E-state index contributed by atoms with van der Waals surface area (Å²) in [5.41, 5.74) is 12.3. The fourth-order valence-corrected chi connectivity index (χ4v) is 4.07. The Balaban J connectivity index is 1.67. The van der Waals surface area contributed by atoms with Crippen molar-refractivity contribution in [1.29, 1.82) is 0 Å². The van der Waals surface area contributed by atoms with Crippen molar-refractivity contribution in [2.45, 2.75) is 13.3 Å². The van der Waals surface area contributed by atoms with E-state index in [0.29, 0.717) is 0 Å². The summed E-state index contributed by atoms with van der Waals surface area (Å²) in [5, 5.41) is 0. The molecule has 0 atom stereocenters. The van der Waals surface area contributed by atoms with Crippen molar-refractivity contribution in [3.8, 4) is 33.4 Å². The molecule has 4 aromatic carbocycles. The minimum Gasteiger partial charge on any atom is -0.0622 e. The molecule has 0 bridgehead atoms. The van der Waals surface area contributed by atoms with E-state index < -0.39 is 0 Å². The molecule has 4 aromatic rings. The zero-order chi connectivity index (χ0) is 17.5. The van der Waals surface area contributed by atoms with Gasteiger partial charge in [0.05, 0.1) is 0 Å². The first-order valence-corrected chi connectivity index (χ1v) is 9.17. The number of rotatable bonds is 2. The predicted octanol–water partition coefficient (Wildman–Crippen LogP) is 6.90. The van der Waals surface area contributed by atoms with Crippen molar-refractivity contribution < 1.29 is 0 Å². The maximum Gasteiger partial charge on any atom is -0.00108 e. The molecule has 0 saturated carbocycles. The molecule has 0 radical (unpaired) electrons. The Bertz CT molecular complexity index is 1090. The van der Waals surface area contributed by atoms with Gasteiger partial charge >= 0.3 is 0 Å². The van der Waals surface area contributed by atoms with E-state index in [4.69, 9.17) is 0 Å². The normalized spacial score (nSPS) is 11.9. The average molecular weight is 332 g/mol. The molecule has 0 spiro atoms. The number of benzene rings is 4. The van der Waals surface area contributed by atoms with Crippen LogP contribution < -0.4 is 0 Å². The molecule has 1 aliphatic carbocycles. The lowest BCUT2D eigenvalue weighted by Gasteiger charge is -2.10. The van der Waals surface area contributed by atoms with Crippen LogP contribution in [0.4, 0.5) is 0 Å². The predicted molar refractivity (Wildman–Crippen MR) is 110 cm³/mol. The van der Waals surface area contributed by atoms with E-state index in [-0.39, 0.29) is 0 Å². The fraction of sp³-hybridized carbons (Fsp3) is 0.0769. The Labute approximate surface area is 154 Å². The van der Waals surface area contributed by atoms with Gasteiger partial charge in [-0.15, -0.1) is 0 Å². The second kappa shape index (κ2) is 6.00. The summed E-state index contributed by atoms with van der Waals surface area (Å²) < 4.78 is 0. The van der Waals surface area contributed by atoms with Crippen molar-refractivity contribution in [3.63, 3.8) is 0 Å². The van der Waals surface area contributed by atoms with Gasteiger partial charge in [-0.1, -0.05) is 78.9 Å². The van der Waals surface area contributed by atoms with E-state index in [0.717, 1.165) is 6.42 Å². The van der Waals surface area contributed by atoms with Gasteiger partial charge in [-0.3, -0.25) is 0 Å². The molecule has 0 aromatic heterocycles. The minimum atomic E-state index is 1.04. The highest BCUT2D eigenvalue weighted by Gasteiger charge is 2.21. The van der Waals surface area contributed by atoms with Crippen LogP contribution in [0.5, 0.6) is 0 Å². The maximum atomic E-state index is 2.37. The van der Waals surface area contributed by atoms with Crippen LogP contribution >= 0.6 is 0 Å². The van der Waals surface area contributed by atoms with Crippen LogP contribution in [0, 0.1) is 6.92 Å². The standard InChI is InChI=1S/C26H20/c1-18-14-23(20-10-6-3-7-11-20)17-26-24(18)16-22-13-12-21(15-25(22)26)19-8-4-2-5-9-19/h2-15,17H,16H2,1H3. The fourth-order valence-electron chi connectivity index (χ4n) is 4.07. The second-order valence-corrected chi connectivity index (χ2v) is 7.10. The van der Waals surface area contributed by atoms with Gasteiger partial charge in [0.1, 0.15) is 0 Å². The zero-order valence-corrected chi connectivity index (χ0v) is 14.9. The smallest absolute Gasteiger partial charge is 0.00108 e. The summed E-state index contributed by atoms with van der Waals surface area (Å²) in [7, 11) is 0. The summed E-state index contributed by atoms with van der Waals surface area (Å²) in [4.78, 5) is 0. The van der Waals surface area contributed by atoms with Gasteiger partial charge in [-0.2, -0.15) is 0 Å². The Morgan fingerprint density at radius 3 is 1.85 bits per heavy atom. The van der Waals surface area contributed by atoms with Crippen LogP contribution in [0.3, 0.4) is 0 Å². The summed E-state index contributed by atoms with van der Waals surface area (Å²) >= 11 is 0. The van der Waals surface area contributed by atoms with E-state index in [1.807, 2.05) is 0 Å². The van der Waals surface area contributed by atoms with Crippen LogP contribution in [0.1, 0.15) is 16.7 Å². The third kappa shape index (κ3) is 2.46. The van der Waals surface area contributed by atoms with Crippen LogP contribution in [0.2, 0.25) is 0 Å². The minimum absolute atomic E-state index is 1.04. The molecule has 124 valence electrons. The molecule has 0 heterocycles. The van der Waals surface area contributed by atoms with Crippen molar-refractivity contribution in [2.24, 2.45) is 0 Å². The summed E-state index contributed by atoms with van der Waals surface area (Å²) in [6.45, 7) is 2.25. The molecule has 26 heavy (non-hydrogen) atoms. The van der Waals surface area contributed by atoms with Gasteiger partial charge < -0.3 is 0 Å². The Morgan fingerprint density at radius 1 is 0.538 bits per heavy atom. The third-order valence-electron chi connectivity index (χ3n) is 5.45. The summed E-state index contributed by atoms with van der Waals surface area (Å²) in [6, 6.07) is 33.0. The molecule has 0 N–H and O–H groups in total. The molecular formula is C26H20. The van der Waals surface area contributed by atoms with Gasteiger partial charge in [-0.05, 0) is 75.5 Å². The highest BCUT2D eigenvalue weighted by atomic mass is 14.3. The lowest BCUT2D eigenvalue weighted by atomic mass is 9.94. The molecule has 0 amide bonds. The Hall–Kier alpha value is -3.12. The van der Waals surface area contributed by atoms with Crippen molar-refractivity contribution >= 4 is 0 Å². The van der Waals surface area contributed by atoms with Crippen LogP contribution in [0.15, 0.2) is 91.0 Å². The maximum absolute atomic E-state index is 2.37. The molecule has 0 heteroatoms. The largest absolute Gasteiger partial charge is 0.0622 e. The monoisotopic (exact) mass is 332 g/mol. The lowest BCUT2D eigenvalue weighted by Crippen LogP contribution is -1.88. The van der Waals surface area contributed by atoms with Gasteiger partial charge in [0.25, 0.3) is 0 Å². The molecule has 0 nitrogen and oxygen atoms in total. The van der Waals surface area contributed by atoms with Crippen LogP contribution in [0.25, 0.3) is 33.4 Å². The number of hydrogen-bond donors (Lipinski definition) is 0. The number of aryl methyl sites for hydroxylation is 1. The first-order valence-electron chi connectivity index (χ1n) is 9.17. The van der Waals surface area contributed by atoms with Gasteiger partial charge in [0.15, 0.2) is 0 Å². The molecule has 1 aliphatic rings. The van der Waals surface area contributed by atoms with Crippen LogP contribution in [-0.2, 0) is 6.42 Å². The van der Waals surface area contributed by atoms with Gasteiger partial charge in [0, 0.05) is 0 Å². The zero-order valence-electron chi connectivity index (χ0n) is 14.9. The highest BCUT2D eigenvalue weighted by Crippen LogP contribution is 2.42. The van der Waals surface area contributed by atoms with E-state index in [2.05, 4.69) is 97.9 Å². The second-order valence-electron chi connectivity index (χ2n) is 7.10. The van der Waals surface area contributed by atoms with Crippen LogP contribution in [-0.4, -0.2) is 0 Å². The topological polar surface area (TPSA) is 0 Å². The third-order valence-corrected chi connectivity index (χ3v) is 5.45. The highest BCUT2D eigenvalue weighted by molar-refractivity contribution is 5.85. The quantitative estimate of drug-likeness (QED) is 0.330. The average Bonchev–Trinajstić information content (AvgIpc) is 3.08. The molecule has 5 rings (SSSR count). The molecule has 0 unspecified atom stereocenters. The molecule has 0 saturated heterocycles. The van der Waals surface area contributed by atoms with Gasteiger partial charge in [-0.25, -0.2) is 0 Å². The van der Waals surface area contributed by atoms with Crippen molar-refractivity contribution in [2.75, 3.05) is 0 Å². The first-order chi connectivity index (χ1) is 12.8.